The van der Waals surface area contributed by atoms with Gasteiger partial charge in [-0.1, -0.05) is 13.3 Å². The van der Waals surface area contributed by atoms with E-state index in [1.54, 1.807) is 11.3 Å². The lowest BCUT2D eigenvalue weighted by Gasteiger charge is -2.03. The van der Waals surface area contributed by atoms with Crippen LogP contribution in [0.1, 0.15) is 23.9 Å². The van der Waals surface area contributed by atoms with Gasteiger partial charge in [-0.25, -0.2) is 15.0 Å². The van der Waals surface area contributed by atoms with Crippen molar-refractivity contribution in [3.05, 3.63) is 34.5 Å². The zero-order chi connectivity index (χ0) is 11.9. The summed E-state index contributed by atoms with van der Waals surface area (Å²) in [5.74, 6) is 0.696. The van der Waals surface area contributed by atoms with Crippen molar-refractivity contribution >= 4 is 17.3 Å². The molecular weight excluding hydrogens is 232 g/mol. The lowest BCUT2D eigenvalue weighted by Crippen LogP contribution is -2.07. The molecule has 2 aromatic rings. The molecule has 0 radical (unpaired) electrons. The quantitative estimate of drug-likeness (QED) is 0.853. The summed E-state index contributed by atoms with van der Waals surface area (Å²) in [7, 11) is 0. The van der Waals surface area contributed by atoms with Crippen molar-refractivity contribution in [1.29, 1.82) is 0 Å². The summed E-state index contributed by atoms with van der Waals surface area (Å²) >= 11 is 1.68. The molecule has 0 atom stereocenters. The number of thiazole rings is 1. The van der Waals surface area contributed by atoms with E-state index < -0.39 is 0 Å². The summed E-state index contributed by atoms with van der Waals surface area (Å²) in [5, 5.41) is 6.33. The summed E-state index contributed by atoms with van der Waals surface area (Å²) in [6.45, 7) is 2.97. The first-order chi connectivity index (χ1) is 8.38. The van der Waals surface area contributed by atoms with E-state index in [-0.39, 0.29) is 0 Å². The Labute approximate surface area is 105 Å². The maximum Gasteiger partial charge on any atom is 0.222 e. The first-order valence-corrected chi connectivity index (χ1v) is 6.69. The highest BCUT2D eigenvalue weighted by atomic mass is 32.1. The minimum absolute atomic E-state index is 0.696. The first-order valence-electron chi connectivity index (χ1n) is 5.81. The van der Waals surface area contributed by atoms with Crippen molar-refractivity contribution in [2.75, 3.05) is 11.9 Å². The van der Waals surface area contributed by atoms with Crippen molar-refractivity contribution < 1.29 is 0 Å². The molecule has 0 aliphatic heterocycles. The Morgan fingerprint density at radius 2 is 2.00 bits per heavy atom. The van der Waals surface area contributed by atoms with Gasteiger partial charge >= 0.3 is 0 Å². The van der Waals surface area contributed by atoms with Crippen LogP contribution in [0.5, 0.6) is 0 Å². The number of hydrogen-bond acceptors (Lipinski definition) is 5. The van der Waals surface area contributed by atoms with Crippen LogP contribution in [0.25, 0.3) is 0 Å². The van der Waals surface area contributed by atoms with Crippen LogP contribution in [0.2, 0.25) is 0 Å². The molecule has 5 heteroatoms. The highest BCUT2D eigenvalue weighted by Gasteiger charge is 1.98. The smallest absolute Gasteiger partial charge is 0.222 e. The Balaban J connectivity index is 1.79. The standard InChI is InChI=1S/C12H16N4S/c1-2-3-10-8-15-12(16-9-10)14-5-4-11-13-6-7-17-11/h6-9H,2-5H2,1H3,(H,14,15,16). The third-order valence-corrected chi connectivity index (χ3v) is 3.19. The fourth-order valence-corrected chi connectivity index (χ4v) is 2.14. The molecule has 0 fully saturated rings. The van der Waals surface area contributed by atoms with Crippen LogP contribution in [0.4, 0.5) is 5.95 Å². The number of anilines is 1. The van der Waals surface area contributed by atoms with Crippen molar-refractivity contribution in [3.8, 4) is 0 Å². The molecule has 0 unspecified atom stereocenters. The van der Waals surface area contributed by atoms with Gasteiger partial charge in [-0.2, -0.15) is 0 Å². The van der Waals surface area contributed by atoms with Crippen LogP contribution >= 0.6 is 11.3 Å². The van der Waals surface area contributed by atoms with Gasteiger partial charge in [0.05, 0.1) is 5.01 Å². The number of nitrogens with zero attached hydrogens (tertiary/aromatic N) is 3. The Hall–Kier alpha value is -1.49. The highest BCUT2D eigenvalue weighted by molar-refractivity contribution is 7.09. The van der Waals surface area contributed by atoms with Crippen LogP contribution in [0.15, 0.2) is 24.0 Å². The number of rotatable bonds is 6. The molecule has 2 aromatic heterocycles. The summed E-state index contributed by atoms with van der Waals surface area (Å²) in [6.07, 6.45) is 8.69. The van der Waals surface area contributed by atoms with Gasteiger partial charge in [0.2, 0.25) is 5.95 Å². The maximum atomic E-state index is 4.28. The molecule has 1 N–H and O–H groups in total. The van der Waals surface area contributed by atoms with Gasteiger partial charge in [-0.15, -0.1) is 11.3 Å². The van der Waals surface area contributed by atoms with E-state index in [0.717, 1.165) is 30.8 Å². The van der Waals surface area contributed by atoms with Crippen molar-refractivity contribution in [1.82, 2.24) is 15.0 Å². The fourth-order valence-electron chi connectivity index (χ4n) is 1.52. The van der Waals surface area contributed by atoms with E-state index in [1.807, 2.05) is 24.0 Å². The van der Waals surface area contributed by atoms with Crippen molar-refractivity contribution in [2.45, 2.75) is 26.2 Å². The molecule has 0 spiro atoms. The van der Waals surface area contributed by atoms with E-state index in [0.29, 0.717) is 5.95 Å². The number of hydrogen-bond donors (Lipinski definition) is 1. The van der Waals surface area contributed by atoms with Crippen LogP contribution in [-0.2, 0) is 12.8 Å². The zero-order valence-corrected chi connectivity index (χ0v) is 10.7. The molecule has 90 valence electrons. The number of aryl methyl sites for hydroxylation is 1. The van der Waals surface area contributed by atoms with E-state index >= 15 is 0 Å². The van der Waals surface area contributed by atoms with Crippen LogP contribution < -0.4 is 5.32 Å². The molecule has 0 aliphatic carbocycles. The normalized spacial score (nSPS) is 10.4. The molecule has 2 heterocycles. The van der Waals surface area contributed by atoms with Gasteiger partial charge in [-0.05, 0) is 12.0 Å². The average molecular weight is 248 g/mol. The van der Waals surface area contributed by atoms with E-state index in [4.69, 9.17) is 0 Å². The largest absolute Gasteiger partial charge is 0.354 e. The molecule has 0 bridgehead atoms. The lowest BCUT2D eigenvalue weighted by molar-refractivity contribution is 0.895. The average Bonchev–Trinajstić information content (AvgIpc) is 2.85. The first kappa shape index (κ1) is 12.0. The maximum absolute atomic E-state index is 4.28. The topological polar surface area (TPSA) is 50.7 Å². The summed E-state index contributed by atoms with van der Waals surface area (Å²) in [5.41, 5.74) is 1.19. The van der Waals surface area contributed by atoms with Gasteiger partial charge in [0.1, 0.15) is 0 Å². The molecule has 0 aromatic carbocycles. The lowest BCUT2D eigenvalue weighted by atomic mass is 10.2. The van der Waals surface area contributed by atoms with E-state index in [9.17, 15) is 0 Å². The summed E-state index contributed by atoms with van der Waals surface area (Å²) in [6, 6.07) is 0. The van der Waals surface area contributed by atoms with Crippen molar-refractivity contribution in [3.63, 3.8) is 0 Å². The second-order valence-electron chi connectivity index (χ2n) is 3.77. The molecule has 0 aliphatic rings. The zero-order valence-electron chi connectivity index (χ0n) is 9.89. The van der Waals surface area contributed by atoms with Gasteiger partial charge < -0.3 is 5.32 Å². The van der Waals surface area contributed by atoms with Crippen LogP contribution in [0, 0.1) is 0 Å². The predicted molar refractivity (Wildman–Crippen MR) is 70.3 cm³/mol. The fraction of sp³-hybridized carbons (Fsp3) is 0.417. The molecule has 0 saturated heterocycles. The van der Waals surface area contributed by atoms with Gasteiger partial charge in [0, 0.05) is 36.9 Å². The van der Waals surface area contributed by atoms with Gasteiger partial charge in [0.25, 0.3) is 0 Å². The summed E-state index contributed by atoms with van der Waals surface area (Å²) < 4.78 is 0. The number of aromatic nitrogens is 3. The molecule has 2 rings (SSSR count). The number of nitrogens with one attached hydrogen (secondary N) is 1. The second-order valence-corrected chi connectivity index (χ2v) is 4.75. The molecule has 4 nitrogen and oxygen atoms in total. The molecular formula is C12H16N4S. The Kier molecular flexibility index (Phi) is 4.44. The van der Waals surface area contributed by atoms with Crippen LogP contribution in [-0.4, -0.2) is 21.5 Å². The Morgan fingerprint density at radius 3 is 2.65 bits per heavy atom. The Bertz CT molecular complexity index is 424. The second kappa shape index (κ2) is 6.30. The monoisotopic (exact) mass is 248 g/mol. The minimum Gasteiger partial charge on any atom is -0.354 e. The van der Waals surface area contributed by atoms with E-state index in [2.05, 4.69) is 27.2 Å². The third kappa shape index (κ3) is 3.78. The minimum atomic E-state index is 0.696. The van der Waals surface area contributed by atoms with Crippen LogP contribution in [0.3, 0.4) is 0 Å². The Morgan fingerprint density at radius 1 is 1.18 bits per heavy atom. The SMILES string of the molecule is CCCc1cnc(NCCc2nccs2)nc1. The molecule has 0 saturated carbocycles. The van der Waals surface area contributed by atoms with Gasteiger partial charge in [-0.3, -0.25) is 0 Å². The third-order valence-electron chi connectivity index (χ3n) is 2.35. The van der Waals surface area contributed by atoms with E-state index in [1.165, 1.54) is 5.56 Å². The van der Waals surface area contributed by atoms with Gasteiger partial charge in [0.15, 0.2) is 0 Å². The molecule has 0 amide bonds. The molecule has 17 heavy (non-hydrogen) atoms. The predicted octanol–water partition coefficient (Wildman–Crippen LogP) is 2.54. The summed E-state index contributed by atoms with van der Waals surface area (Å²) in [4.78, 5) is 12.8. The highest BCUT2D eigenvalue weighted by Crippen LogP contribution is 2.06. The van der Waals surface area contributed by atoms with Crippen molar-refractivity contribution in [2.24, 2.45) is 0 Å².